The molecule has 0 aliphatic heterocycles. The van der Waals surface area contributed by atoms with Crippen LogP contribution in [-0.2, 0) is 4.74 Å². The van der Waals surface area contributed by atoms with E-state index in [-0.39, 0.29) is 11.7 Å². The predicted octanol–water partition coefficient (Wildman–Crippen LogP) is 4.40. The van der Waals surface area contributed by atoms with E-state index in [4.69, 9.17) is 13.9 Å². The number of ether oxygens (including phenoxy) is 2. The fourth-order valence-corrected chi connectivity index (χ4v) is 2.71. The molecular weight excluding hydrogens is 346 g/mol. The highest BCUT2D eigenvalue weighted by Gasteiger charge is 2.18. The van der Waals surface area contributed by atoms with E-state index < -0.39 is 11.7 Å². The highest BCUT2D eigenvalue weighted by atomic mass is 16.6. The largest absolute Gasteiger partial charge is 0.493 e. The average molecular weight is 375 g/mol. The summed E-state index contributed by atoms with van der Waals surface area (Å²) in [5.74, 6) is 0.665. The zero-order valence-corrected chi connectivity index (χ0v) is 17.2. The van der Waals surface area contributed by atoms with Gasteiger partial charge in [-0.3, -0.25) is 0 Å². The Hall–Kier alpha value is -2.50. The lowest BCUT2D eigenvalue weighted by Gasteiger charge is -2.22. The zero-order chi connectivity index (χ0) is 20.4. The quantitative estimate of drug-likeness (QED) is 0.784. The van der Waals surface area contributed by atoms with Gasteiger partial charge in [-0.05, 0) is 66.2 Å². The summed E-state index contributed by atoms with van der Waals surface area (Å²) in [7, 11) is 0. The van der Waals surface area contributed by atoms with Crippen LogP contribution in [0, 0.1) is 20.8 Å². The van der Waals surface area contributed by atoms with Crippen LogP contribution in [0.5, 0.6) is 5.75 Å². The summed E-state index contributed by atoms with van der Waals surface area (Å²) >= 11 is 0. The van der Waals surface area contributed by atoms with Crippen LogP contribution in [0.25, 0.3) is 11.0 Å². The van der Waals surface area contributed by atoms with Crippen molar-refractivity contribution in [3.8, 4) is 5.75 Å². The molecule has 1 N–H and O–H groups in total. The molecule has 0 saturated carbocycles. The minimum atomic E-state index is -0.525. The number of hydrogen-bond acceptors (Lipinski definition) is 5. The molecule has 0 aliphatic rings. The van der Waals surface area contributed by atoms with Crippen LogP contribution < -0.4 is 15.7 Å². The smallest absolute Gasteiger partial charge is 0.407 e. The molecule has 0 bridgehead atoms. The number of carbonyl (C=O) groups excluding carboxylic acids is 1. The summed E-state index contributed by atoms with van der Waals surface area (Å²) in [4.78, 5) is 23.7. The molecule has 148 valence electrons. The van der Waals surface area contributed by atoms with Crippen molar-refractivity contribution < 1.29 is 18.7 Å². The summed E-state index contributed by atoms with van der Waals surface area (Å²) in [5, 5.41) is 3.70. The molecular formula is C21H29NO5. The molecule has 2 rings (SSSR count). The highest BCUT2D eigenvalue weighted by Crippen LogP contribution is 2.29. The summed E-state index contributed by atoms with van der Waals surface area (Å²) in [6, 6.07) is 3.70. The van der Waals surface area contributed by atoms with Crippen LogP contribution in [0.4, 0.5) is 4.79 Å². The molecule has 0 radical (unpaired) electrons. The van der Waals surface area contributed by atoms with Gasteiger partial charge >= 0.3 is 11.7 Å². The standard InChI is InChI=1S/C21H29NO5/c1-12(22-20(24)27-21(5,6)7)10-11-25-17-9-8-16-13(2)14(3)19(23)26-18(16)15(17)4/h8-9,12H,10-11H2,1-7H3,(H,22,24). The van der Waals surface area contributed by atoms with Crippen LogP contribution in [-0.4, -0.2) is 24.3 Å². The second-order valence-electron chi connectivity index (χ2n) is 7.89. The Labute approximate surface area is 159 Å². The van der Waals surface area contributed by atoms with Crippen molar-refractivity contribution >= 4 is 17.1 Å². The molecule has 0 fully saturated rings. The maximum absolute atomic E-state index is 12.0. The van der Waals surface area contributed by atoms with Gasteiger partial charge in [0.05, 0.1) is 6.61 Å². The van der Waals surface area contributed by atoms with E-state index in [1.807, 2.05) is 53.7 Å². The van der Waals surface area contributed by atoms with E-state index in [1.165, 1.54) is 0 Å². The van der Waals surface area contributed by atoms with Gasteiger partial charge in [0.25, 0.3) is 0 Å². The Bertz CT molecular complexity index is 892. The van der Waals surface area contributed by atoms with Gasteiger partial charge < -0.3 is 19.2 Å². The fourth-order valence-electron chi connectivity index (χ4n) is 2.71. The van der Waals surface area contributed by atoms with Crippen LogP contribution in [0.3, 0.4) is 0 Å². The molecule has 1 unspecified atom stereocenters. The predicted molar refractivity (Wildman–Crippen MR) is 106 cm³/mol. The highest BCUT2D eigenvalue weighted by molar-refractivity contribution is 5.85. The third-order valence-electron chi connectivity index (χ3n) is 4.40. The number of rotatable bonds is 5. The summed E-state index contributed by atoms with van der Waals surface area (Å²) in [5.41, 5.74) is 2.04. The first kappa shape index (κ1) is 20.8. The molecule has 6 heteroatoms. The number of benzene rings is 1. The maximum atomic E-state index is 12.0. The van der Waals surface area contributed by atoms with Crippen LogP contribution in [0.15, 0.2) is 21.3 Å². The van der Waals surface area contributed by atoms with Crippen molar-refractivity contribution in [2.24, 2.45) is 0 Å². The number of carbonyl (C=O) groups is 1. The minimum absolute atomic E-state index is 0.0940. The lowest BCUT2D eigenvalue weighted by atomic mass is 10.0. The van der Waals surface area contributed by atoms with E-state index >= 15 is 0 Å². The SMILES string of the molecule is Cc1c(C)c2ccc(OCCC(C)NC(=O)OC(C)(C)C)c(C)c2oc1=O. The van der Waals surface area contributed by atoms with Gasteiger partial charge in [-0.2, -0.15) is 0 Å². The molecule has 1 amide bonds. The number of amides is 1. The molecule has 0 saturated heterocycles. The Morgan fingerprint density at radius 3 is 2.44 bits per heavy atom. The zero-order valence-electron chi connectivity index (χ0n) is 17.2. The van der Waals surface area contributed by atoms with Gasteiger partial charge in [0.1, 0.15) is 16.9 Å². The lowest BCUT2D eigenvalue weighted by Crippen LogP contribution is -2.38. The molecule has 1 aromatic carbocycles. The molecule has 6 nitrogen and oxygen atoms in total. The molecule has 0 spiro atoms. The van der Waals surface area contributed by atoms with Gasteiger partial charge in [0.15, 0.2) is 0 Å². The van der Waals surface area contributed by atoms with E-state index in [2.05, 4.69) is 5.32 Å². The van der Waals surface area contributed by atoms with Crippen molar-refractivity contribution in [3.63, 3.8) is 0 Å². The van der Waals surface area contributed by atoms with Gasteiger partial charge in [-0.1, -0.05) is 0 Å². The van der Waals surface area contributed by atoms with Crippen molar-refractivity contribution in [3.05, 3.63) is 39.2 Å². The summed E-state index contributed by atoms with van der Waals surface area (Å²) in [6.07, 6.45) is 0.178. The van der Waals surface area contributed by atoms with E-state index in [0.29, 0.717) is 29.9 Å². The van der Waals surface area contributed by atoms with E-state index in [1.54, 1.807) is 6.92 Å². The first-order valence-corrected chi connectivity index (χ1v) is 9.15. The molecule has 1 aromatic heterocycles. The molecule has 0 aliphatic carbocycles. The third-order valence-corrected chi connectivity index (χ3v) is 4.40. The molecule has 2 aromatic rings. The summed E-state index contributed by atoms with van der Waals surface area (Å²) < 4.78 is 16.6. The first-order valence-electron chi connectivity index (χ1n) is 9.15. The second-order valence-corrected chi connectivity index (χ2v) is 7.89. The summed E-state index contributed by atoms with van der Waals surface area (Å²) in [6.45, 7) is 13.3. The maximum Gasteiger partial charge on any atom is 0.407 e. The van der Waals surface area contributed by atoms with Crippen LogP contribution >= 0.6 is 0 Å². The number of alkyl carbamates (subject to hydrolysis) is 1. The van der Waals surface area contributed by atoms with Crippen molar-refractivity contribution in [2.75, 3.05) is 6.61 Å². The lowest BCUT2D eigenvalue weighted by molar-refractivity contribution is 0.0503. The molecule has 27 heavy (non-hydrogen) atoms. The van der Waals surface area contributed by atoms with Gasteiger partial charge in [-0.25, -0.2) is 9.59 Å². The topological polar surface area (TPSA) is 77.8 Å². The third kappa shape index (κ3) is 5.25. The number of fused-ring (bicyclic) bond motifs is 1. The van der Waals surface area contributed by atoms with E-state index in [0.717, 1.165) is 16.5 Å². The Morgan fingerprint density at radius 1 is 1.15 bits per heavy atom. The van der Waals surface area contributed by atoms with Crippen molar-refractivity contribution in [1.29, 1.82) is 0 Å². The van der Waals surface area contributed by atoms with Gasteiger partial charge in [-0.15, -0.1) is 0 Å². The molecule has 1 heterocycles. The first-order chi connectivity index (χ1) is 12.5. The second kappa shape index (κ2) is 8.03. The Kier molecular flexibility index (Phi) is 6.19. The van der Waals surface area contributed by atoms with Gasteiger partial charge in [0, 0.05) is 29.0 Å². The number of hydrogen-bond donors (Lipinski definition) is 1. The van der Waals surface area contributed by atoms with Crippen molar-refractivity contribution in [1.82, 2.24) is 5.32 Å². The van der Waals surface area contributed by atoms with Gasteiger partial charge in [0.2, 0.25) is 0 Å². The van der Waals surface area contributed by atoms with Crippen LogP contribution in [0.1, 0.15) is 50.8 Å². The molecule has 1 atom stereocenters. The monoisotopic (exact) mass is 375 g/mol. The van der Waals surface area contributed by atoms with Crippen molar-refractivity contribution in [2.45, 2.75) is 66.5 Å². The van der Waals surface area contributed by atoms with Crippen LogP contribution in [0.2, 0.25) is 0 Å². The minimum Gasteiger partial charge on any atom is -0.493 e. The normalized spacial score (nSPS) is 12.7. The average Bonchev–Trinajstić information content (AvgIpc) is 2.53. The van der Waals surface area contributed by atoms with E-state index in [9.17, 15) is 9.59 Å². The fraction of sp³-hybridized carbons (Fsp3) is 0.524. The number of aryl methyl sites for hydroxylation is 2. The Balaban J connectivity index is 2.01. The Morgan fingerprint density at radius 2 is 1.81 bits per heavy atom. The number of nitrogens with one attached hydrogen (secondary N) is 1.